The van der Waals surface area contributed by atoms with Crippen LogP contribution in [0.2, 0.25) is 5.02 Å². The zero-order chi connectivity index (χ0) is 17.0. The van der Waals surface area contributed by atoms with Crippen molar-refractivity contribution >= 4 is 33.5 Å². The van der Waals surface area contributed by atoms with Crippen LogP contribution in [0, 0.1) is 5.82 Å². The van der Waals surface area contributed by atoms with E-state index in [4.69, 9.17) is 11.6 Å². The number of rotatable bonds is 2. The molecule has 4 nitrogen and oxygen atoms in total. The molecule has 1 aromatic carbocycles. The fourth-order valence-corrected chi connectivity index (χ4v) is 4.55. The molecule has 0 aromatic heterocycles. The molecule has 23 heavy (non-hydrogen) atoms. The van der Waals surface area contributed by atoms with Gasteiger partial charge in [0.2, 0.25) is 0 Å². The molecule has 2 aliphatic rings. The molecular weight excluding hydrogens is 387 g/mol. The van der Waals surface area contributed by atoms with Crippen LogP contribution in [0.4, 0.5) is 4.39 Å². The maximum Gasteiger partial charge on any atom is 0.331 e. The highest BCUT2D eigenvalue weighted by atomic mass is 79.9. The summed E-state index contributed by atoms with van der Waals surface area (Å²) in [4.78, 5) is 11.3. The Morgan fingerprint density at radius 1 is 1.43 bits per heavy atom. The van der Waals surface area contributed by atoms with Crippen LogP contribution in [0.5, 0.6) is 0 Å². The van der Waals surface area contributed by atoms with Crippen molar-refractivity contribution in [2.24, 2.45) is 0 Å². The van der Waals surface area contributed by atoms with Crippen LogP contribution in [0.15, 0.2) is 40.0 Å². The second-order valence-corrected chi connectivity index (χ2v) is 7.44. The zero-order valence-electron chi connectivity index (χ0n) is 12.5. The SMILES string of the molecule is CC12CC(C(=O)O)=CC(Br)=C1NC(C)(c1c(F)cccc1Cl)N2. The lowest BCUT2D eigenvalue weighted by Gasteiger charge is -2.32. The number of fused-ring (bicyclic) bond motifs is 1. The van der Waals surface area contributed by atoms with Crippen molar-refractivity contribution in [2.75, 3.05) is 0 Å². The number of hydrogen-bond acceptors (Lipinski definition) is 3. The van der Waals surface area contributed by atoms with E-state index in [-0.39, 0.29) is 12.0 Å². The maximum atomic E-state index is 14.4. The zero-order valence-corrected chi connectivity index (χ0v) is 14.8. The van der Waals surface area contributed by atoms with Gasteiger partial charge in [0.1, 0.15) is 11.5 Å². The molecule has 1 aliphatic carbocycles. The Bertz CT molecular complexity index is 759. The van der Waals surface area contributed by atoms with Crippen molar-refractivity contribution in [3.05, 3.63) is 56.4 Å². The maximum absolute atomic E-state index is 14.4. The van der Waals surface area contributed by atoms with Gasteiger partial charge in [0, 0.05) is 27.7 Å². The van der Waals surface area contributed by atoms with Gasteiger partial charge in [0.05, 0.1) is 10.6 Å². The summed E-state index contributed by atoms with van der Waals surface area (Å²) in [5, 5.41) is 16.2. The summed E-state index contributed by atoms with van der Waals surface area (Å²) >= 11 is 9.61. The Kier molecular flexibility index (Phi) is 3.82. The van der Waals surface area contributed by atoms with Crippen molar-refractivity contribution in [3.63, 3.8) is 0 Å². The molecule has 0 bridgehead atoms. The number of hydrogen-bond donors (Lipinski definition) is 3. The van der Waals surface area contributed by atoms with E-state index >= 15 is 0 Å². The summed E-state index contributed by atoms with van der Waals surface area (Å²) in [6.45, 7) is 3.67. The minimum atomic E-state index is -0.971. The molecule has 3 N–H and O–H groups in total. The van der Waals surface area contributed by atoms with E-state index in [1.807, 2.05) is 6.92 Å². The van der Waals surface area contributed by atoms with Gasteiger partial charge in [0.25, 0.3) is 0 Å². The number of halogens is 3. The van der Waals surface area contributed by atoms with Crippen LogP contribution >= 0.6 is 27.5 Å². The number of aliphatic carboxylic acids is 1. The molecule has 2 atom stereocenters. The Morgan fingerprint density at radius 2 is 2.13 bits per heavy atom. The molecular formula is C16H15BrClFN2O2. The van der Waals surface area contributed by atoms with E-state index in [9.17, 15) is 14.3 Å². The lowest BCUT2D eigenvalue weighted by Crippen LogP contribution is -2.49. The molecule has 1 aromatic rings. The third-order valence-corrected chi connectivity index (χ3v) is 5.21. The van der Waals surface area contributed by atoms with Crippen LogP contribution in [0.3, 0.4) is 0 Å². The molecule has 3 rings (SSSR count). The van der Waals surface area contributed by atoms with E-state index in [2.05, 4.69) is 26.6 Å². The van der Waals surface area contributed by atoms with Crippen LogP contribution < -0.4 is 10.6 Å². The summed E-state index contributed by atoms with van der Waals surface area (Å²) in [5.74, 6) is -1.40. The molecule has 7 heteroatoms. The van der Waals surface area contributed by atoms with Crippen molar-refractivity contribution in [1.29, 1.82) is 0 Å². The first kappa shape index (κ1) is 16.5. The monoisotopic (exact) mass is 400 g/mol. The normalized spacial score (nSPS) is 29.9. The van der Waals surface area contributed by atoms with Crippen LogP contribution in [-0.2, 0) is 10.5 Å². The second kappa shape index (κ2) is 5.33. The molecule has 1 fully saturated rings. The van der Waals surface area contributed by atoms with E-state index < -0.39 is 23.0 Å². The quantitative estimate of drug-likeness (QED) is 0.708. The number of nitrogens with one attached hydrogen (secondary N) is 2. The van der Waals surface area contributed by atoms with Gasteiger partial charge in [-0.05, 0) is 48.0 Å². The Balaban J connectivity index is 2.08. The average molecular weight is 402 g/mol. The molecule has 122 valence electrons. The molecule has 1 saturated heterocycles. The van der Waals surface area contributed by atoms with Gasteiger partial charge in [-0.1, -0.05) is 17.7 Å². The van der Waals surface area contributed by atoms with Crippen LogP contribution in [-0.4, -0.2) is 16.6 Å². The fourth-order valence-electron chi connectivity index (χ4n) is 3.38. The topological polar surface area (TPSA) is 61.4 Å². The van der Waals surface area contributed by atoms with Crippen LogP contribution in [0.25, 0.3) is 0 Å². The van der Waals surface area contributed by atoms with Gasteiger partial charge in [-0.3, -0.25) is 5.32 Å². The number of carboxylic acid groups (broad SMARTS) is 1. The molecule has 1 heterocycles. The average Bonchev–Trinajstić information content (AvgIpc) is 2.70. The highest BCUT2D eigenvalue weighted by molar-refractivity contribution is 9.11. The van der Waals surface area contributed by atoms with Crippen molar-refractivity contribution < 1.29 is 14.3 Å². The van der Waals surface area contributed by atoms with E-state index in [1.165, 1.54) is 6.07 Å². The summed E-state index contributed by atoms with van der Waals surface area (Å²) in [6, 6.07) is 4.53. The van der Waals surface area contributed by atoms with Gasteiger partial charge in [-0.15, -0.1) is 0 Å². The minimum Gasteiger partial charge on any atom is -0.478 e. The molecule has 0 radical (unpaired) electrons. The van der Waals surface area contributed by atoms with Gasteiger partial charge in [-0.25, -0.2) is 9.18 Å². The summed E-state index contributed by atoms with van der Waals surface area (Å²) < 4.78 is 15.0. The van der Waals surface area contributed by atoms with Crippen molar-refractivity contribution in [3.8, 4) is 0 Å². The third kappa shape index (κ3) is 2.58. The van der Waals surface area contributed by atoms with Gasteiger partial charge in [-0.2, -0.15) is 0 Å². The Labute approximate surface area is 146 Å². The fraction of sp³-hybridized carbons (Fsp3) is 0.312. The molecule has 2 unspecified atom stereocenters. The van der Waals surface area contributed by atoms with Gasteiger partial charge < -0.3 is 10.4 Å². The highest BCUT2D eigenvalue weighted by Crippen LogP contribution is 2.44. The standard InChI is InChI=1S/C16H15BrClFN2O2/c1-15-7-8(14(22)23)6-9(17)13(15)20-16(2,21-15)12-10(18)4-3-5-11(12)19/h3-6,20-21H,7H2,1-2H3,(H,22,23). The largest absolute Gasteiger partial charge is 0.478 e. The first-order valence-electron chi connectivity index (χ1n) is 7.02. The number of allylic oxidation sites excluding steroid dienone is 2. The lowest BCUT2D eigenvalue weighted by atomic mass is 9.86. The summed E-state index contributed by atoms with van der Waals surface area (Å²) in [6.07, 6.45) is 1.85. The highest BCUT2D eigenvalue weighted by Gasteiger charge is 2.50. The third-order valence-electron chi connectivity index (χ3n) is 4.27. The first-order chi connectivity index (χ1) is 10.7. The van der Waals surface area contributed by atoms with Crippen molar-refractivity contribution in [2.45, 2.75) is 31.5 Å². The number of carboxylic acids is 1. The predicted molar refractivity (Wildman–Crippen MR) is 89.7 cm³/mol. The minimum absolute atomic E-state index is 0.279. The molecule has 0 saturated carbocycles. The van der Waals surface area contributed by atoms with Gasteiger partial charge >= 0.3 is 5.97 Å². The number of carbonyl (C=O) groups is 1. The lowest BCUT2D eigenvalue weighted by molar-refractivity contribution is -0.133. The predicted octanol–water partition coefficient (Wildman–Crippen LogP) is 3.62. The summed E-state index contributed by atoms with van der Waals surface area (Å²) in [7, 11) is 0. The molecule has 1 aliphatic heterocycles. The number of benzene rings is 1. The van der Waals surface area contributed by atoms with Gasteiger partial charge in [0.15, 0.2) is 0 Å². The van der Waals surface area contributed by atoms with Crippen LogP contribution in [0.1, 0.15) is 25.8 Å². The van der Waals surface area contributed by atoms with Crippen molar-refractivity contribution in [1.82, 2.24) is 10.6 Å². The Morgan fingerprint density at radius 3 is 2.74 bits per heavy atom. The first-order valence-corrected chi connectivity index (χ1v) is 8.19. The van der Waals surface area contributed by atoms with E-state index in [0.29, 0.717) is 15.1 Å². The van der Waals surface area contributed by atoms with E-state index in [0.717, 1.165) is 5.70 Å². The molecule has 0 spiro atoms. The molecule has 0 amide bonds. The summed E-state index contributed by atoms with van der Waals surface area (Å²) in [5.41, 5.74) is -0.248. The smallest absolute Gasteiger partial charge is 0.331 e. The van der Waals surface area contributed by atoms with E-state index in [1.54, 1.807) is 25.1 Å². The second-order valence-electron chi connectivity index (χ2n) is 6.18. The Hall–Kier alpha value is -1.37.